The van der Waals surface area contributed by atoms with Crippen LogP contribution in [0.25, 0.3) is 4.83 Å². The predicted octanol–water partition coefficient (Wildman–Crippen LogP) is 0.0559. The normalized spacial score (nSPS) is 10.7. The molecule has 0 amide bonds. The Bertz CT molecular complexity index is 663. The lowest BCUT2D eigenvalue weighted by atomic mass is 10.4. The fourth-order valence-corrected chi connectivity index (χ4v) is 2.14. The minimum absolute atomic E-state index is 0.0224. The summed E-state index contributed by atoms with van der Waals surface area (Å²) >= 11 is 0.904. The zero-order chi connectivity index (χ0) is 11.2. The number of aryl methyl sites for hydroxylation is 1. The van der Waals surface area contributed by atoms with Crippen molar-refractivity contribution in [2.45, 2.75) is 6.92 Å². The van der Waals surface area contributed by atoms with E-state index in [1.165, 1.54) is 13.1 Å². The van der Waals surface area contributed by atoms with Crippen LogP contribution in [0.1, 0.15) is 15.2 Å². The van der Waals surface area contributed by atoms with Crippen LogP contribution in [0.4, 0.5) is 0 Å². The van der Waals surface area contributed by atoms with Gasteiger partial charge in [0.1, 0.15) is 9.71 Å². The molecule has 0 saturated carbocycles. The molecule has 7 heteroatoms. The van der Waals surface area contributed by atoms with Gasteiger partial charge in [0.2, 0.25) is 0 Å². The fourth-order valence-electron chi connectivity index (χ4n) is 1.21. The third-order valence-corrected chi connectivity index (χ3v) is 3.18. The molecule has 0 aliphatic carbocycles. The molecule has 2 heterocycles. The highest BCUT2D eigenvalue weighted by Gasteiger charge is 2.12. The summed E-state index contributed by atoms with van der Waals surface area (Å²) in [6.07, 6.45) is 1.20. The fraction of sp³-hybridized carbons (Fsp3) is 0.125. The Labute approximate surface area is 86.4 Å². The van der Waals surface area contributed by atoms with Crippen molar-refractivity contribution < 1.29 is 9.90 Å². The van der Waals surface area contributed by atoms with Crippen LogP contribution in [-0.4, -0.2) is 20.5 Å². The Balaban J connectivity index is 2.98. The first-order chi connectivity index (χ1) is 7.00. The summed E-state index contributed by atoms with van der Waals surface area (Å²) in [6, 6.07) is 0. The van der Waals surface area contributed by atoms with Crippen LogP contribution < -0.4 is 11.2 Å². The van der Waals surface area contributed by atoms with Crippen molar-refractivity contribution in [2.24, 2.45) is 0 Å². The van der Waals surface area contributed by atoms with Crippen molar-refractivity contribution in [1.82, 2.24) is 9.38 Å². The molecular formula is C8H6N2O4S. The van der Waals surface area contributed by atoms with Crippen molar-refractivity contribution >= 4 is 22.1 Å². The number of carboxylic acids is 1. The lowest BCUT2D eigenvalue weighted by molar-refractivity contribution is 0.0702. The minimum Gasteiger partial charge on any atom is -0.477 e. The van der Waals surface area contributed by atoms with Gasteiger partial charge in [-0.25, -0.2) is 9.59 Å². The van der Waals surface area contributed by atoms with E-state index in [-0.39, 0.29) is 4.88 Å². The molecule has 78 valence electrons. The maximum absolute atomic E-state index is 11.3. The van der Waals surface area contributed by atoms with Crippen LogP contribution in [0.3, 0.4) is 0 Å². The number of H-pyrrole nitrogens is 1. The van der Waals surface area contributed by atoms with Gasteiger partial charge < -0.3 is 5.11 Å². The van der Waals surface area contributed by atoms with E-state index in [0.29, 0.717) is 10.4 Å². The molecular weight excluding hydrogens is 220 g/mol. The highest BCUT2D eigenvalue weighted by atomic mass is 32.1. The number of aromatic amines is 1. The second-order valence-electron chi connectivity index (χ2n) is 2.96. The van der Waals surface area contributed by atoms with Crippen LogP contribution in [0.15, 0.2) is 15.8 Å². The molecule has 0 atom stereocenters. The molecule has 2 rings (SSSR count). The van der Waals surface area contributed by atoms with E-state index in [9.17, 15) is 14.4 Å². The van der Waals surface area contributed by atoms with Crippen molar-refractivity contribution in [3.63, 3.8) is 0 Å². The van der Waals surface area contributed by atoms with Gasteiger partial charge in [0, 0.05) is 11.8 Å². The summed E-state index contributed by atoms with van der Waals surface area (Å²) in [4.78, 5) is 35.7. The number of aromatic nitrogens is 2. The molecule has 0 bridgehead atoms. The lowest BCUT2D eigenvalue weighted by Gasteiger charge is -1.93. The van der Waals surface area contributed by atoms with Crippen LogP contribution in [0.2, 0.25) is 0 Å². The number of carboxylic acid groups (broad SMARTS) is 1. The SMILES string of the molecule is Cc1c(=O)[nH]c(=O)n2cc(C(=O)O)sc12. The maximum Gasteiger partial charge on any atom is 0.347 e. The third-order valence-electron chi connectivity index (χ3n) is 1.98. The molecule has 0 fully saturated rings. The number of hydrogen-bond acceptors (Lipinski definition) is 4. The van der Waals surface area contributed by atoms with Gasteiger partial charge in [0.25, 0.3) is 5.56 Å². The number of hydrogen-bond donors (Lipinski definition) is 2. The van der Waals surface area contributed by atoms with Gasteiger partial charge in [0.05, 0.1) is 0 Å². The number of nitrogens with zero attached hydrogens (tertiary/aromatic N) is 1. The molecule has 0 aliphatic heterocycles. The monoisotopic (exact) mass is 226 g/mol. The standard InChI is InChI=1S/C8H6N2O4S/c1-3-5(11)9-8(14)10-2-4(7(12)13)15-6(3)10/h2H,1H3,(H,12,13)(H,9,11,14). The molecule has 0 unspecified atom stereocenters. The number of carbonyl (C=O) groups is 1. The van der Waals surface area contributed by atoms with E-state index in [1.807, 2.05) is 0 Å². The number of aromatic carboxylic acids is 1. The summed E-state index contributed by atoms with van der Waals surface area (Å²) in [5, 5.41) is 8.74. The second-order valence-corrected chi connectivity index (χ2v) is 3.99. The number of fused-ring (bicyclic) bond motifs is 1. The van der Waals surface area contributed by atoms with E-state index in [1.54, 1.807) is 0 Å². The van der Waals surface area contributed by atoms with Crippen molar-refractivity contribution in [3.8, 4) is 0 Å². The average Bonchev–Trinajstić information content (AvgIpc) is 2.59. The smallest absolute Gasteiger partial charge is 0.347 e. The molecule has 0 radical (unpaired) electrons. The number of thiazole rings is 1. The summed E-state index contributed by atoms with van der Waals surface area (Å²) in [7, 11) is 0. The first-order valence-electron chi connectivity index (χ1n) is 3.99. The Morgan fingerprint density at radius 1 is 1.53 bits per heavy atom. The second kappa shape index (κ2) is 3.06. The van der Waals surface area contributed by atoms with Crippen LogP contribution in [0, 0.1) is 6.92 Å². The summed E-state index contributed by atoms with van der Waals surface area (Å²) in [6.45, 7) is 1.54. The Morgan fingerprint density at radius 3 is 2.80 bits per heavy atom. The first kappa shape index (κ1) is 9.66. The average molecular weight is 226 g/mol. The van der Waals surface area contributed by atoms with Gasteiger partial charge >= 0.3 is 11.7 Å². The Kier molecular flexibility index (Phi) is 1.97. The summed E-state index contributed by atoms with van der Waals surface area (Å²) in [5.74, 6) is -1.12. The number of nitrogens with one attached hydrogen (secondary N) is 1. The zero-order valence-electron chi connectivity index (χ0n) is 7.60. The first-order valence-corrected chi connectivity index (χ1v) is 4.80. The molecule has 2 N–H and O–H groups in total. The van der Waals surface area contributed by atoms with Crippen molar-refractivity contribution in [1.29, 1.82) is 0 Å². The van der Waals surface area contributed by atoms with E-state index >= 15 is 0 Å². The Morgan fingerprint density at radius 2 is 2.20 bits per heavy atom. The largest absolute Gasteiger partial charge is 0.477 e. The van der Waals surface area contributed by atoms with E-state index < -0.39 is 17.2 Å². The molecule has 15 heavy (non-hydrogen) atoms. The van der Waals surface area contributed by atoms with Crippen molar-refractivity contribution in [3.05, 3.63) is 37.5 Å². The number of rotatable bonds is 1. The highest BCUT2D eigenvalue weighted by molar-refractivity contribution is 7.19. The quantitative estimate of drug-likeness (QED) is 0.719. The minimum atomic E-state index is -1.12. The lowest BCUT2D eigenvalue weighted by Crippen LogP contribution is -2.26. The van der Waals surface area contributed by atoms with E-state index in [4.69, 9.17) is 5.11 Å². The molecule has 0 aromatic carbocycles. The van der Waals surface area contributed by atoms with E-state index in [2.05, 4.69) is 4.98 Å². The zero-order valence-corrected chi connectivity index (χ0v) is 8.42. The molecule has 6 nitrogen and oxygen atoms in total. The van der Waals surface area contributed by atoms with Crippen LogP contribution in [0.5, 0.6) is 0 Å². The van der Waals surface area contributed by atoms with Crippen LogP contribution in [-0.2, 0) is 0 Å². The van der Waals surface area contributed by atoms with Crippen molar-refractivity contribution in [2.75, 3.05) is 0 Å². The molecule has 2 aromatic heterocycles. The van der Waals surface area contributed by atoms with E-state index in [0.717, 1.165) is 15.7 Å². The highest BCUT2D eigenvalue weighted by Crippen LogP contribution is 2.17. The predicted molar refractivity (Wildman–Crippen MR) is 53.9 cm³/mol. The van der Waals surface area contributed by atoms with Gasteiger partial charge in [-0.2, -0.15) is 0 Å². The molecule has 0 spiro atoms. The summed E-state index contributed by atoms with van der Waals surface area (Å²) < 4.78 is 1.13. The molecule has 0 aliphatic rings. The Hall–Kier alpha value is -1.89. The third kappa shape index (κ3) is 1.37. The molecule has 2 aromatic rings. The van der Waals surface area contributed by atoms with Gasteiger partial charge in [-0.05, 0) is 6.92 Å². The maximum atomic E-state index is 11.3. The van der Waals surface area contributed by atoms with Gasteiger partial charge in [-0.15, -0.1) is 11.3 Å². The topological polar surface area (TPSA) is 91.6 Å². The summed E-state index contributed by atoms with van der Waals surface area (Å²) in [5.41, 5.74) is -0.768. The molecule has 0 saturated heterocycles. The van der Waals surface area contributed by atoms with Gasteiger partial charge in [-0.3, -0.25) is 14.2 Å². The van der Waals surface area contributed by atoms with Crippen LogP contribution >= 0.6 is 11.3 Å². The van der Waals surface area contributed by atoms with Gasteiger partial charge in [-0.1, -0.05) is 0 Å². The van der Waals surface area contributed by atoms with Gasteiger partial charge in [0.15, 0.2) is 0 Å².